The van der Waals surface area contributed by atoms with Crippen LogP contribution in [0, 0.1) is 19.8 Å². The van der Waals surface area contributed by atoms with Gasteiger partial charge in [-0.1, -0.05) is 12.1 Å². The van der Waals surface area contributed by atoms with Crippen molar-refractivity contribution in [3.05, 3.63) is 47.8 Å². The van der Waals surface area contributed by atoms with E-state index in [0.717, 1.165) is 42.7 Å². The summed E-state index contributed by atoms with van der Waals surface area (Å²) < 4.78 is 0. The van der Waals surface area contributed by atoms with Gasteiger partial charge in [-0.3, -0.25) is 0 Å². The highest BCUT2D eigenvalue weighted by atomic mass is 15.2. The van der Waals surface area contributed by atoms with E-state index in [1.165, 1.54) is 6.42 Å². The molecule has 3 rings (SSSR count). The molecule has 1 saturated heterocycles. The van der Waals surface area contributed by atoms with Crippen LogP contribution in [0.5, 0.6) is 0 Å². The van der Waals surface area contributed by atoms with E-state index in [1.54, 1.807) is 0 Å². The van der Waals surface area contributed by atoms with Crippen LogP contribution in [0.4, 0.5) is 11.6 Å². The normalized spacial score (nSPS) is 18.0. The van der Waals surface area contributed by atoms with Crippen molar-refractivity contribution < 1.29 is 0 Å². The number of rotatable bonds is 4. The molecule has 0 radical (unpaired) electrons. The molecule has 0 bridgehead atoms. The maximum atomic E-state index is 4.61. The Labute approximate surface area is 126 Å². The molecule has 2 aromatic heterocycles. The third-order valence-corrected chi connectivity index (χ3v) is 3.94. The SMILES string of the molecule is Cc1cccc(NCC2CCN(c3cccc(C)n3)C2)n1. The average Bonchev–Trinajstić information content (AvgIpc) is 2.94. The summed E-state index contributed by atoms with van der Waals surface area (Å²) in [5.74, 6) is 2.72. The lowest BCUT2D eigenvalue weighted by Crippen LogP contribution is -2.23. The molecular weight excluding hydrogens is 260 g/mol. The van der Waals surface area contributed by atoms with Gasteiger partial charge in [0.25, 0.3) is 0 Å². The first-order valence-electron chi connectivity index (χ1n) is 7.57. The van der Waals surface area contributed by atoms with Gasteiger partial charge in [-0.05, 0) is 50.5 Å². The number of hydrogen-bond donors (Lipinski definition) is 1. The van der Waals surface area contributed by atoms with Crippen molar-refractivity contribution >= 4 is 11.6 Å². The Bertz CT molecular complexity index is 611. The quantitative estimate of drug-likeness (QED) is 0.936. The number of nitrogens with one attached hydrogen (secondary N) is 1. The van der Waals surface area contributed by atoms with E-state index in [9.17, 15) is 0 Å². The molecule has 1 atom stereocenters. The number of pyridine rings is 2. The fourth-order valence-corrected chi connectivity index (χ4v) is 2.80. The van der Waals surface area contributed by atoms with Crippen LogP contribution in [0.25, 0.3) is 0 Å². The molecule has 110 valence electrons. The first kappa shape index (κ1) is 13.9. The fraction of sp³-hybridized carbons (Fsp3) is 0.412. The van der Waals surface area contributed by atoms with Crippen molar-refractivity contribution in [2.45, 2.75) is 20.3 Å². The van der Waals surface area contributed by atoms with E-state index in [4.69, 9.17) is 0 Å². The molecule has 4 nitrogen and oxygen atoms in total. The summed E-state index contributed by atoms with van der Waals surface area (Å²) in [4.78, 5) is 11.5. The molecule has 0 spiro atoms. The van der Waals surface area contributed by atoms with Crippen LogP contribution in [-0.4, -0.2) is 29.6 Å². The number of aryl methyl sites for hydroxylation is 2. The molecule has 0 aliphatic carbocycles. The molecule has 4 heteroatoms. The molecule has 3 heterocycles. The first-order valence-corrected chi connectivity index (χ1v) is 7.57. The van der Waals surface area contributed by atoms with E-state index in [2.05, 4.69) is 32.3 Å². The van der Waals surface area contributed by atoms with Crippen molar-refractivity contribution in [2.75, 3.05) is 29.9 Å². The second-order valence-corrected chi connectivity index (χ2v) is 5.78. The molecular formula is C17H22N4. The zero-order valence-electron chi connectivity index (χ0n) is 12.7. The molecule has 0 amide bonds. The summed E-state index contributed by atoms with van der Waals surface area (Å²) in [6.45, 7) is 7.19. The molecule has 1 N–H and O–H groups in total. The van der Waals surface area contributed by atoms with Gasteiger partial charge in [0.1, 0.15) is 11.6 Å². The van der Waals surface area contributed by atoms with Crippen LogP contribution in [0.2, 0.25) is 0 Å². The Kier molecular flexibility index (Phi) is 4.04. The smallest absolute Gasteiger partial charge is 0.128 e. The minimum Gasteiger partial charge on any atom is -0.370 e. The van der Waals surface area contributed by atoms with Crippen molar-refractivity contribution in [2.24, 2.45) is 5.92 Å². The van der Waals surface area contributed by atoms with Crippen LogP contribution >= 0.6 is 0 Å². The topological polar surface area (TPSA) is 41.0 Å². The third kappa shape index (κ3) is 3.51. The largest absolute Gasteiger partial charge is 0.370 e. The van der Waals surface area contributed by atoms with Crippen molar-refractivity contribution in [3.8, 4) is 0 Å². The van der Waals surface area contributed by atoms with Gasteiger partial charge >= 0.3 is 0 Å². The lowest BCUT2D eigenvalue weighted by Gasteiger charge is -2.18. The molecule has 1 fully saturated rings. The maximum Gasteiger partial charge on any atom is 0.128 e. The lowest BCUT2D eigenvalue weighted by atomic mass is 10.1. The van der Waals surface area contributed by atoms with Crippen LogP contribution in [0.1, 0.15) is 17.8 Å². The zero-order valence-corrected chi connectivity index (χ0v) is 12.7. The van der Waals surface area contributed by atoms with Gasteiger partial charge in [-0.15, -0.1) is 0 Å². The molecule has 2 aromatic rings. The van der Waals surface area contributed by atoms with Gasteiger partial charge in [0.2, 0.25) is 0 Å². The Morgan fingerprint density at radius 3 is 2.62 bits per heavy atom. The molecule has 0 aromatic carbocycles. The van der Waals surface area contributed by atoms with Gasteiger partial charge in [-0.25, -0.2) is 9.97 Å². The Morgan fingerprint density at radius 1 is 1.10 bits per heavy atom. The van der Waals surface area contributed by atoms with Gasteiger partial charge in [0, 0.05) is 31.0 Å². The van der Waals surface area contributed by atoms with Gasteiger partial charge in [0.15, 0.2) is 0 Å². The second-order valence-electron chi connectivity index (χ2n) is 5.78. The predicted octanol–water partition coefficient (Wildman–Crippen LogP) is 3.03. The monoisotopic (exact) mass is 282 g/mol. The highest BCUT2D eigenvalue weighted by Gasteiger charge is 2.23. The average molecular weight is 282 g/mol. The first-order chi connectivity index (χ1) is 10.2. The minimum absolute atomic E-state index is 0.648. The number of aromatic nitrogens is 2. The van der Waals surface area contributed by atoms with E-state index < -0.39 is 0 Å². The standard InChI is InChI=1S/C17H22N4/c1-13-5-3-7-16(19-13)18-11-15-9-10-21(12-15)17-8-4-6-14(2)20-17/h3-8,15H,9-12H2,1-2H3,(H,18,19). The maximum absolute atomic E-state index is 4.61. The summed E-state index contributed by atoms with van der Waals surface area (Å²) in [6.07, 6.45) is 1.20. The second kappa shape index (κ2) is 6.12. The Morgan fingerprint density at radius 2 is 1.86 bits per heavy atom. The highest BCUT2D eigenvalue weighted by Crippen LogP contribution is 2.22. The number of hydrogen-bond acceptors (Lipinski definition) is 4. The van der Waals surface area contributed by atoms with Crippen molar-refractivity contribution in [3.63, 3.8) is 0 Å². The molecule has 21 heavy (non-hydrogen) atoms. The molecule has 1 unspecified atom stereocenters. The van der Waals surface area contributed by atoms with Gasteiger partial charge < -0.3 is 10.2 Å². The number of nitrogens with zero attached hydrogens (tertiary/aromatic N) is 3. The van der Waals surface area contributed by atoms with Crippen molar-refractivity contribution in [1.82, 2.24) is 9.97 Å². The van der Waals surface area contributed by atoms with E-state index >= 15 is 0 Å². The third-order valence-electron chi connectivity index (χ3n) is 3.94. The summed E-state index contributed by atoms with van der Waals surface area (Å²) in [5.41, 5.74) is 2.13. The summed E-state index contributed by atoms with van der Waals surface area (Å²) in [7, 11) is 0. The van der Waals surface area contributed by atoms with E-state index in [0.29, 0.717) is 5.92 Å². The minimum atomic E-state index is 0.648. The van der Waals surface area contributed by atoms with Crippen LogP contribution < -0.4 is 10.2 Å². The Balaban J connectivity index is 1.55. The van der Waals surface area contributed by atoms with Crippen LogP contribution in [0.15, 0.2) is 36.4 Å². The molecule has 0 saturated carbocycles. The Hall–Kier alpha value is -2.10. The van der Waals surface area contributed by atoms with Gasteiger partial charge in [-0.2, -0.15) is 0 Å². The molecule has 1 aliphatic rings. The highest BCUT2D eigenvalue weighted by molar-refractivity contribution is 5.41. The van der Waals surface area contributed by atoms with E-state index in [1.807, 2.05) is 38.1 Å². The summed E-state index contributed by atoms with van der Waals surface area (Å²) in [5, 5.41) is 3.45. The van der Waals surface area contributed by atoms with E-state index in [-0.39, 0.29) is 0 Å². The summed E-state index contributed by atoms with van der Waals surface area (Å²) >= 11 is 0. The fourth-order valence-electron chi connectivity index (χ4n) is 2.80. The van der Waals surface area contributed by atoms with Gasteiger partial charge in [0.05, 0.1) is 0 Å². The number of anilines is 2. The summed E-state index contributed by atoms with van der Waals surface area (Å²) in [6, 6.07) is 12.3. The predicted molar refractivity (Wildman–Crippen MR) is 86.8 cm³/mol. The molecule has 1 aliphatic heterocycles. The zero-order chi connectivity index (χ0) is 14.7. The van der Waals surface area contributed by atoms with Crippen molar-refractivity contribution in [1.29, 1.82) is 0 Å². The van der Waals surface area contributed by atoms with Crippen LogP contribution in [0.3, 0.4) is 0 Å². The van der Waals surface area contributed by atoms with Crippen LogP contribution in [-0.2, 0) is 0 Å². The lowest BCUT2D eigenvalue weighted by molar-refractivity contribution is 0.620.